The summed E-state index contributed by atoms with van der Waals surface area (Å²) >= 11 is 0. The maximum atomic E-state index is 11.4. The van der Waals surface area contributed by atoms with Crippen molar-refractivity contribution in [2.45, 2.75) is 20.0 Å². The fourth-order valence-electron chi connectivity index (χ4n) is 1.47. The van der Waals surface area contributed by atoms with E-state index in [0.717, 1.165) is 11.1 Å². The van der Waals surface area contributed by atoms with E-state index in [9.17, 15) is 9.59 Å². The van der Waals surface area contributed by atoms with Crippen molar-refractivity contribution in [3.05, 3.63) is 47.5 Å². The lowest BCUT2D eigenvalue weighted by molar-refractivity contribution is -0.134. The van der Waals surface area contributed by atoms with E-state index in [1.807, 2.05) is 30.3 Å². The number of hydrogen-bond donors (Lipinski definition) is 1. The van der Waals surface area contributed by atoms with Crippen LogP contribution in [-0.2, 0) is 20.9 Å². The number of rotatable bonds is 6. The van der Waals surface area contributed by atoms with Crippen LogP contribution in [0.1, 0.15) is 18.9 Å². The first-order valence-corrected chi connectivity index (χ1v) is 6.31. The van der Waals surface area contributed by atoms with Crippen molar-refractivity contribution in [1.29, 1.82) is 0 Å². The van der Waals surface area contributed by atoms with Gasteiger partial charge in [0.1, 0.15) is 6.61 Å². The molecule has 5 nitrogen and oxygen atoms in total. The third-order valence-corrected chi connectivity index (χ3v) is 2.57. The minimum atomic E-state index is -0.472. The average molecular weight is 277 g/mol. The lowest BCUT2D eigenvalue weighted by atomic mass is 10.2. The molecule has 0 saturated heterocycles. The van der Waals surface area contributed by atoms with Crippen LogP contribution in [0, 0.1) is 0 Å². The van der Waals surface area contributed by atoms with Crippen molar-refractivity contribution in [2.24, 2.45) is 0 Å². The van der Waals surface area contributed by atoms with Crippen LogP contribution < -0.4 is 5.32 Å². The molecule has 0 saturated carbocycles. The zero-order chi connectivity index (χ0) is 14.8. The Bertz CT molecular complexity index is 468. The van der Waals surface area contributed by atoms with Crippen molar-refractivity contribution < 1.29 is 19.1 Å². The minimum Gasteiger partial charge on any atom is -0.466 e. The molecule has 20 heavy (non-hydrogen) atoms. The van der Waals surface area contributed by atoms with Crippen LogP contribution in [-0.4, -0.2) is 25.7 Å². The molecule has 108 valence electrons. The molecular formula is C15H19NO4. The topological polar surface area (TPSA) is 64.6 Å². The molecule has 0 spiro atoms. The number of carbonyl (C=O) groups excluding carboxylic acids is 2. The standard InChI is InChI=1S/C15H19NO4/c1-12(10-14(17)19-2)8-9-16-15(18)20-11-13-6-4-3-5-7-13/h3-7,10H,8-9,11H2,1-2H3,(H,16,18)/b12-10+. The predicted molar refractivity (Wildman–Crippen MR) is 75.0 cm³/mol. The van der Waals surface area contributed by atoms with Gasteiger partial charge in [0.05, 0.1) is 7.11 Å². The molecule has 0 aliphatic rings. The first-order valence-electron chi connectivity index (χ1n) is 6.31. The van der Waals surface area contributed by atoms with Gasteiger partial charge in [-0.1, -0.05) is 35.9 Å². The lowest BCUT2D eigenvalue weighted by Gasteiger charge is -2.07. The van der Waals surface area contributed by atoms with Crippen LogP contribution in [0.4, 0.5) is 4.79 Å². The second-order valence-electron chi connectivity index (χ2n) is 4.25. The van der Waals surface area contributed by atoms with E-state index in [4.69, 9.17) is 4.74 Å². The van der Waals surface area contributed by atoms with Gasteiger partial charge in [0, 0.05) is 12.6 Å². The minimum absolute atomic E-state index is 0.240. The summed E-state index contributed by atoms with van der Waals surface area (Å²) in [6.07, 6.45) is 1.49. The van der Waals surface area contributed by atoms with E-state index < -0.39 is 12.1 Å². The third kappa shape index (κ3) is 6.58. The van der Waals surface area contributed by atoms with Crippen LogP contribution in [0.2, 0.25) is 0 Å². The van der Waals surface area contributed by atoms with Crippen molar-refractivity contribution in [2.75, 3.05) is 13.7 Å². The molecule has 0 bridgehead atoms. The molecule has 0 aromatic heterocycles. The maximum Gasteiger partial charge on any atom is 0.407 e. The van der Waals surface area contributed by atoms with E-state index in [0.29, 0.717) is 13.0 Å². The fourth-order valence-corrected chi connectivity index (χ4v) is 1.47. The monoisotopic (exact) mass is 277 g/mol. The normalized spacial score (nSPS) is 10.8. The Labute approximate surface area is 118 Å². The Morgan fingerprint density at radius 2 is 1.95 bits per heavy atom. The Balaban J connectivity index is 2.20. The van der Waals surface area contributed by atoms with E-state index in [-0.39, 0.29) is 6.61 Å². The smallest absolute Gasteiger partial charge is 0.407 e. The van der Waals surface area contributed by atoms with Crippen LogP contribution in [0.5, 0.6) is 0 Å². The van der Waals surface area contributed by atoms with Crippen molar-refractivity contribution in [1.82, 2.24) is 5.32 Å². The number of hydrogen-bond acceptors (Lipinski definition) is 4. The number of amides is 1. The molecule has 1 rings (SSSR count). The number of nitrogens with one attached hydrogen (secondary N) is 1. The quantitative estimate of drug-likeness (QED) is 0.640. The number of esters is 1. The van der Waals surface area contributed by atoms with E-state index in [1.54, 1.807) is 6.92 Å². The second-order valence-corrected chi connectivity index (χ2v) is 4.25. The van der Waals surface area contributed by atoms with Crippen molar-refractivity contribution in [3.8, 4) is 0 Å². The molecule has 0 unspecified atom stereocenters. The van der Waals surface area contributed by atoms with Gasteiger partial charge in [-0.25, -0.2) is 9.59 Å². The van der Waals surface area contributed by atoms with Gasteiger partial charge >= 0.3 is 12.1 Å². The van der Waals surface area contributed by atoms with Crippen molar-refractivity contribution in [3.63, 3.8) is 0 Å². The molecule has 0 aliphatic carbocycles. The molecule has 1 aromatic rings. The Kier molecular flexibility index (Phi) is 6.89. The maximum absolute atomic E-state index is 11.4. The third-order valence-electron chi connectivity index (χ3n) is 2.57. The van der Waals surface area contributed by atoms with E-state index in [2.05, 4.69) is 10.1 Å². The van der Waals surface area contributed by atoms with Crippen LogP contribution in [0.15, 0.2) is 42.0 Å². The molecular weight excluding hydrogens is 258 g/mol. The summed E-state index contributed by atoms with van der Waals surface area (Å²) in [5.41, 5.74) is 1.77. The number of alkyl carbamates (subject to hydrolysis) is 1. The fraction of sp³-hybridized carbons (Fsp3) is 0.333. The summed E-state index contributed by atoms with van der Waals surface area (Å²) in [5.74, 6) is -0.394. The first kappa shape index (κ1) is 15.8. The second kappa shape index (κ2) is 8.74. The highest BCUT2D eigenvalue weighted by Gasteiger charge is 2.02. The van der Waals surface area contributed by atoms with Gasteiger partial charge in [0.25, 0.3) is 0 Å². The van der Waals surface area contributed by atoms with Gasteiger partial charge in [0.2, 0.25) is 0 Å². The van der Waals surface area contributed by atoms with Gasteiger partial charge in [-0.15, -0.1) is 0 Å². The molecule has 1 amide bonds. The zero-order valence-electron chi connectivity index (χ0n) is 11.7. The molecule has 0 atom stereocenters. The molecule has 0 heterocycles. The van der Waals surface area contributed by atoms with Crippen molar-refractivity contribution >= 4 is 12.1 Å². The molecule has 1 aromatic carbocycles. The van der Waals surface area contributed by atoms with Gasteiger partial charge in [-0.3, -0.25) is 0 Å². The first-order chi connectivity index (χ1) is 9.61. The molecule has 0 fully saturated rings. The van der Waals surface area contributed by atoms with Crippen LogP contribution in [0.3, 0.4) is 0 Å². The van der Waals surface area contributed by atoms with Gasteiger partial charge < -0.3 is 14.8 Å². The summed E-state index contributed by atoms with van der Waals surface area (Å²) in [6.45, 7) is 2.45. The molecule has 5 heteroatoms. The Hall–Kier alpha value is -2.30. The number of carbonyl (C=O) groups is 2. The highest BCUT2D eigenvalue weighted by molar-refractivity contribution is 5.82. The predicted octanol–water partition coefficient (Wildman–Crippen LogP) is 2.42. The van der Waals surface area contributed by atoms with E-state index >= 15 is 0 Å². The average Bonchev–Trinajstić information content (AvgIpc) is 2.46. The number of benzene rings is 1. The zero-order valence-corrected chi connectivity index (χ0v) is 11.7. The SMILES string of the molecule is COC(=O)/C=C(\C)CCNC(=O)OCc1ccccc1. The van der Waals surface area contributed by atoms with Gasteiger partial charge in [-0.2, -0.15) is 0 Å². The van der Waals surface area contributed by atoms with Crippen LogP contribution >= 0.6 is 0 Å². The molecule has 1 N–H and O–H groups in total. The summed E-state index contributed by atoms with van der Waals surface area (Å²) in [5, 5.41) is 2.62. The Morgan fingerprint density at radius 1 is 1.25 bits per heavy atom. The van der Waals surface area contributed by atoms with Gasteiger partial charge in [0.15, 0.2) is 0 Å². The number of ether oxygens (including phenoxy) is 2. The molecule has 0 aliphatic heterocycles. The summed E-state index contributed by atoms with van der Waals surface area (Å²) in [7, 11) is 1.32. The largest absolute Gasteiger partial charge is 0.466 e. The van der Waals surface area contributed by atoms with Gasteiger partial charge in [-0.05, 0) is 18.9 Å². The highest BCUT2D eigenvalue weighted by Crippen LogP contribution is 2.01. The van der Waals surface area contributed by atoms with Crippen LogP contribution in [0.25, 0.3) is 0 Å². The van der Waals surface area contributed by atoms with E-state index in [1.165, 1.54) is 13.2 Å². The molecule has 0 radical (unpaired) electrons. The Morgan fingerprint density at radius 3 is 2.60 bits per heavy atom. The highest BCUT2D eigenvalue weighted by atomic mass is 16.5. The summed E-state index contributed by atoms with van der Waals surface area (Å²) in [4.78, 5) is 22.4. The lowest BCUT2D eigenvalue weighted by Crippen LogP contribution is -2.25. The number of methoxy groups -OCH3 is 1. The summed E-state index contributed by atoms with van der Waals surface area (Å²) in [6, 6.07) is 9.45. The summed E-state index contributed by atoms with van der Waals surface area (Å²) < 4.78 is 9.56.